The van der Waals surface area contributed by atoms with Crippen LogP contribution in [-0.4, -0.2) is 12.1 Å². The van der Waals surface area contributed by atoms with Gasteiger partial charge in [0.1, 0.15) is 6.29 Å². The van der Waals surface area contributed by atoms with Gasteiger partial charge in [-0.3, -0.25) is 4.79 Å². The van der Waals surface area contributed by atoms with Crippen molar-refractivity contribution in [2.24, 2.45) is 0 Å². The van der Waals surface area contributed by atoms with Gasteiger partial charge in [0.15, 0.2) is 5.78 Å². The van der Waals surface area contributed by atoms with E-state index >= 15 is 0 Å². The summed E-state index contributed by atoms with van der Waals surface area (Å²) in [6.07, 6.45) is 8.65. The Labute approximate surface area is 121 Å². The Balaban J connectivity index is 2.17. The molecule has 0 saturated carbocycles. The van der Waals surface area contributed by atoms with Gasteiger partial charge in [0, 0.05) is 24.1 Å². The molecule has 0 aliphatic rings. The lowest BCUT2D eigenvalue weighted by molar-refractivity contribution is -0.107. The fourth-order valence-corrected chi connectivity index (χ4v) is 2.18. The maximum absolute atomic E-state index is 12.0. The average molecular weight is 275 g/mol. The van der Waals surface area contributed by atoms with Crippen molar-refractivity contribution < 1.29 is 9.59 Å². The molecule has 3 heteroatoms. The number of aryl methyl sites for hydroxylation is 1. The summed E-state index contributed by atoms with van der Waals surface area (Å²) in [5.41, 5.74) is 8.23. The molecular weight excluding hydrogens is 250 g/mol. The molecule has 0 radical (unpaired) electrons. The molecule has 110 valence electrons. The number of rotatable bonds is 10. The van der Waals surface area contributed by atoms with Gasteiger partial charge < -0.3 is 10.5 Å². The first kappa shape index (κ1) is 16.4. The van der Waals surface area contributed by atoms with Crippen molar-refractivity contribution in [3.8, 4) is 0 Å². The van der Waals surface area contributed by atoms with Gasteiger partial charge in [0.25, 0.3) is 0 Å². The number of aldehydes is 1. The lowest BCUT2D eigenvalue weighted by Crippen LogP contribution is -2.01. The Kier molecular flexibility index (Phi) is 7.63. The van der Waals surface area contributed by atoms with Gasteiger partial charge in [-0.15, -0.1) is 0 Å². The van der Waals surface area contributed by atoms with E-state index in [1.807, 2.05) is 19.1 Å². The van der Waals surface area contributed by atoms with E-state index in [4.69, 9.17) is 5.73 Å². The summed E-state index contributed by atoms with van der Waals surface area (Å²) >= 11 is 0. The predicted octanol–water partition coefficient (Wildman–Crippen LogP) is 4.08. The minimum atomic E-state index is 0.178. The molecule has 0 bridgehead atoms. The molecular formula is C17H25NO2. The van der Waals surface area contributed by atoms with Crippen LogP contribution in [0.25, 0.3) is 0 Å². The van der Waals surface area contributed by atoms with Crippen LogP contribution >= 0.6 is 0 Å². The summed E-state index contributed by atoms with van der Waals surface area (Å²) in [6.45, 7) is 1.94. The fourth-order valence-electron chi connectivity index (χ4n) is 2.18. The van der Waals surface area contributed by atoms with Gasteiger partial charge in [0.05, 0.1) is 0 Å². The third kappa shape index (κ3) is 6.00. The molecule has 0 fully saturated rings. The molecule has 0 aliphatic carbocycles. The SMILES string of the molecule is Cc1ccc(C(=O)CCCCCCCCC=O)cc1N. The van der Waals surface area contributed by atoms with E-state index in [0.717, 1.165) is 55.9 Å². The molecule has 1 aromatic rings. The van der Waals surface area contributed by atoms with Crippen molar-refractivity contribution in [1.29, 1.82) is 0 Å². The van der Waals surface area contributed by atoms with E-state index in [1.165, 1.54) is 0 Å². The van der Waals surface area contributed by atoms with E-state index in [9.17, 15) is 9.59 Å². The number of anilines is 1. The smallest absolute Gasteiger partial charge is 0.162 e. The second kappa shape index (κ2) is 9.29. The molecule has 0 atom stereocenters. The van der Waals surface area contributed by atoms with Crippen molar-refractivity contribution in [3.05, 3.63) is 29.3 Å². The van der Waals surface area contributed by atoms with Gasteiger partial charge in [-0.05, 0) is 31.4 Å². The highest BCUT2D eigenvalue weighted by atomic mass is 16.1. The second-order valence-electron chi connectivity index (χ2n) is 5.32. The van der Waals surface area contributed by atoms with Gasteiger partial charge in [0.2, 0.25) is 0 Å². The molecule has 20 heavy (non-hydrogen) atoms. The number of nitrogens with two attached hydrogens (primary N) is 1. The topological polar surface area (TPSA) is 60.2 Å². The van der Waals surface area contributed by atoms with Crippen LogP contribution in [-0.2, 0) is 4.79 Å². The fraction of sp³-hybridized carbons (Fsp3) is 0.529. The Morgan fingerprint density at radius 3 is 2.40 bits per heavy atom. The number of hydrogen-bond donors (Lipinski definition) is 1. The number of Topliss-reactive ketones (excluding diaryl/α,β-unsaturated/α-hetero) is 1. The molecule has 0 spiro atoms. The summed E-state index contributed by atoms with van der Waals surface area (Å²) in [4.78, 5) is 22.1. The molecule has 0 amide bonds. The highest BCUT2D eigenvalue weighted by molar-refractivity contribution is 5.96. The van der Waals surface area contributed by atoms with E-state index in [2.05, 4.69) is 0 Å². The summed E-state index contributed by atoms with van der Waals surface area (Å²) in [5.74, 6) is 0.178. The van der Waals surface area contributed by atoms with Gasteiger partial charge in [-0.1, -0.05) is 37.8 Å². The standard InChI is InChI=1S/C17H25NO2/c1-14-10-11-15(13-16(14)18)17(20)9-7-5-3-2-4-6-8-12-19/h10-13H,2-9,18H2,1H3. The lowest BCUT2D eigenvalue weighted by Gasteiger charge is -2.05. The Hall–Kier alpha value is -1.64. The number of carbonyl (C=O) groups excluding carboxylic acids is 2. The molecule has 1 aromatic carbocycles. The molecule has 1 rings (SSSR count). The predicted molar refractivity (Wildman–Crippen MR) is 82.9 cm³/mol. The average Bonchev–Trinajstić information content (AvgIpc) is 2.44. The zero-order valence-electron chi connectivity index (χ0n) is 12.4. The number of hydrogen-bond acceptors (Lipinski definition) is 3. The summed E-state index contributed by atoms with van der Waals surface area (Å²) in [6, 6.07) is 5.53. The lowest BCUT2D eigenvalue weighted by atomic mass is 10.0. The summed E-state index contributed by atoms with van der Waals surface area (Å²) in [7, 11) is 0. The van der Waals surface area contributed by atoms with Gasteiger partial charge in [-0.2, -0.15) is 0 Å². The third-order valence-electron chi connectivity index (χ3n) is 3.58. The largest absolute Gasteiger partial charge is 0.398 e. The van der Waals surface area contributed by atoms with E-state index < -0.39 is 0 Å². The highest BCUT2D eigenvalue weighted by Gasteiger charge is 2.06. The minimum Gasteiger partial charge on any atom is -0.398 e. The molecule has 0 aromatic heterocycles. The van der Waals surface area contributed by atoms with Crippen molar-refractivity contribution in [3.63, 3.8) is 0 Å². The first-order chi connectivity index (χ1) is 9.65. The van der Waals surface area contributed by atoms with Crippen molar-refractivity contribution in [2.75, 3.05) is 5.73 Å². The Bertz CT molecular complexity index is 441. The number of unbranched alkanes of at least 4 members (excludes halogenated alkanes) is 6. The van der Waals surface area contributed by atoms with Crippen molar-refractivity contribution in [2.45, 2.75) is 58.3 Å². The van der Waals surface area contributed by atoms with Crippen molar-refractivity contribution >= 4 is 17.8 Å². The third-order valence-corrected chi connectivity index (χ3v) is 3.58. The van der Waals surface area contributed by atoms with Crippen LogP contribution in [0.2, 0.25) is 0 Å². The van der Waals surface area contributed by atoms with Crippen molar-refractivity contribution in [1.82, 2.24) is 0 Å². The van der Waals surface area contributed by atoms with E-state index in [0.29, 0.717) is 18.5 Å². The molecule has 0 saturated heterocycles. The Morgan fingerprint density at radius 2 is 1.75 bits per heavy atom. The van der Waals surface area contributed by atoms with Gasteiger partial charge >= 0.3 is 0 Å². The maximum Gasteiger partial charge on any atom is 0.162 e. The monoisotopic (exact) mass is 275 g/mol. The van der Waals surface area contributed by atoms with E-state index in [1.54, 1.807) is 6.07 Å². The summed E-state index contributed by atoms with van der Waals surface area (Å²) in [5, 5.41) is 0. The second-order valence-corrected chi connectivity index (χ2v) is 5.32. The van der Waals surface area contributed by atoms with Crippen LogP contribution in [0.4, 0.5) is 5.69 Å². The molecule has 0 heterocycles. The first-order valence-electron chi connectivity index (χ1n) is 7.48. The van der Waals surface area contributed by atoms with Crippen LogP contribution in [0.3, 0.4) is 0 Å². The minimum absolute atomic E-state index is 0.178. The van der Waals surface area contributed by atoms with Crippen LogP contribution in [0, 0.1) is 6.92 Å². The molecule has 0 aliphatic heterocycles. The number of benzene rings is 1. The van der Waals surface area contributed by atoms with Crippen LogP contribution in [0.1, 0.15) is 67.3 Å². The number of carbonyl (C=O) groups is 2. The van der Waals surface area contributed by atoms with Crippen LogP contribution < -0.4 is 5.73 Å². The van der Waals surface area contributed by atoms with Crippen LogP contribution in [0.15, 0.2) is 18.2 Å². The maximum atomic E-state index is 12.0. The van der Waals surface area contributed by atoms with E-state index in [-0.39, 0.29) is 5.78 Å². The zero-order chi connectivity index (χ0) is 14.8. The molecule has 3 nitrogen and oxygen atoms in total. The molecule has 0 unspecified atom stereocenters. The summed E-state index contributed by atoms with van der Waals surface area (Å²) < 4.78 is 0. The normalized spacial score (nSPS) is 10.4. The van der Waals surface area contributed by atoms with Gasteiger partial charge in [-0.25, -0.2) is 0 Å². The molecule has 2 N–H and O–H groups in total. The highest BCUT2D eigenvalue weighted by Crippen LogP contribution is 2.16. The first-order valence-corrected chi connectivity index (χ1v) is 7.48. The van der Waals surface area contributed by atoms with Crippen LogP contribution in [0.5, 0.6) is 0 Å². The Morgan fingerprint density at radius 1 is 1.10 bits per heavy atom. The number of nitrogen functional groups attached to an aromatic ring is 1. The zero-order valence-corrected chi connectivity index (χ0v) is 12.4. The number of ketones is 1. The quantitative estimate of drug-likeness (QED) is 0.303.